The van der Waals surface area contributed by atoms with Crippen LogP contribution in [0.3, 0.4) is 0 Å². The van der Waals surface area contributed by atoms with Crippen LogP contribution in [0.1, 0.15) is 27.4 Å². The van der Waals surface area contributed by atoms with Gasteiger partial charge in [0.1, 0.15) is 23.2 Å². The van der Waals surface area contributed by atoms with Gasteiger partial charge in [-0.3, -0.25) is 4.79 Å². The first-order valence-corrected chi connectivity index (χ1v) is 8.83. The highest BCUT2D eigenvalue weighted by molar-refractivity contribution is 5.93. The molecule has 1 aromatic heterocycles. The van der Waals surface area contributed by atoms with Gasteiger partial charge < -0.3 is 10.2 Å². The first-order valence-electron chi connectivity index (χ1n) is 8.83. The second kappa shape index (κ2) is 7.15. The van der Waals surface area contributed by atoms with Crippen molar-refractivity contribution in [3.05, 3.63) is 83.1 Å². The molecule has 4 rings (SSSR count). The summed E-state index contributed by atoms with van der Waals surface area (Å²) >= 11 is 0. The SMILES string of the molecule is Cc1nc(Nc2ccc(F)cc2)cc(C(=O)N2CCc3ccccc3C2)n1. The number of hydrogen-bond acceptors (Lipinski definition) is 4. The zero-order valence-electron chi connectivity index (χ0n) is 14.9. The van der Waals surface area contributed by atoms with Crippen molar-refractivity contribution in [3.8, 4) is 0 Å². The van der Waals surface area contributed by atoms with Crippen LogP contribution >= 0.6 is 0 Å². The van der Waals surface area contributed by atoms with Gasteiger partial charge in [-0.15, -0.1) is 0 Å². The molecular weight excluding hydrogens is 343 g/mol. The van der Waals surface area contributed by atoms with E-state index in [4.69, 9.17) is 0 Å². The summed E-state index contributed by atoms with van der Waals surface area (Å²) in [7, 11) is 0. The molecule has 0 saturated carbocycles. The quantitative estimate of drug-likeness (QED) is 0.768. The number of nitrogens with zero attached hydrogens (tertiary/aromatic N) is 3. The fourth-order valence-corrected chi connectivity index (χ4v) is 3.25. The minimum atomic E-state index is -0.305. The normalized spacial score (nSPS) is 13.2. The summed E-state index contributed by atoms with van der Waals surface area (Å²) in [6.07, 6.45) is 0.840. The van der Waals surface area contributed by atoms with E-state index < -0.39 is 0 Å². The van der Waals surface area contributed by atoms with Gasteiger partial charge in [0.15, 0.2) is 0 Å². The molecule has 6 heteroatoms. The molecule has 0 radical (unpaired) electrons. The van der Waals surface area contributed by atoms with Gasteiger partial charge in [-0.25, -0.2) is 14.4 Å². The Labute approximate surface area is 156 Å². The lowest BCUT2D eigenvalue weighted by molar-refractivity contribution is 0.0728. The molecule has 2 aromatic carbocycles. The summed E-state index contributed by atoms with van der Waals surface area (Å²) in [6.45, 7) is 3.00. The van der Waals surface area contributed by atoms with Crippen LogP contribution < -0.4 is 5.32 Å². The minimum Gasteiger partial charge on any atom is -0.340 e. The molecule has 1 aliphatic heterocycles. The number of aromatic nitrogens is 2. The number of nitrogens with one attached hydrogen (secondary N) is 1. The van der Waals surface area contributed by atoms with Crippen LogP contribution in [0.2, 0.25) is 0 Å². The van der Waals surface area contributed by atoms with Gasteiger partial charge >= 0.3 is 0 Å². The summed E-state index contributed by atoms with van der Waals surface area (Å²) in [5.41, 5.74) is 3.51. The number of amides is 1. The number of halogens is 1. The van der Waals surface area contributed by atoms with Crippen molar-refractivity contribution < 1.29 is 9.18 Å². The Morgan fingerprint density at radius 1 is 1.07 bits per heavy atom. The highest BCUT2D eigenvalue weighted by Gasteiger charge is 2.23. The molecule has 2 heterocycles. The van der Waals surface area contributed by atoms with E-state index in [1.807, 2.05) is 17.0 Å². The fraction of sp³-hybridized carbons (Fsp3) is 0.190. The first kappa shape index (κ1) is 17.1. The van der Waals surface area contributed by atoms with Crippen molar-refractivity contribution in [3.63, 3.8) is 0 Å². The Morgan fingerprint density at radius 2 is 1.81 bits per heavy atom. The van der Waals surface area contributed by atoms with Crippen molar-refractivity contribution in [2.45, 2.75) is 19.9 Å². The zero-order chi connectivity index (χ0) is 18.8. The van der Waals surface area contributed by atoms with Gasteiger partial charge in [0.2, 0.25) is 0 Å². The molecule has 0 spiro atoms. The van der Waals surface area contributed by atoms with Gasteiger partial charge in [0, 0.05) is 24.8 Å². The number of carbonyl (C=O) groups excluding carboxylic acids is 1. The van der Waals surface area contributed by atoms with E-state index >= 15 is 0 Å². The molecular formula is C21H19FN4O. The second-order valence-electron chi connectivity index (χ2n) is 6.56. The monoisotopic (exact) mass is 362 g/mol. The molecule has 0 aliphatic carbocycles. The first-order chi connectivity index (χ1) is 13.1. The molecule has 136 valence electrons. The summed E-state index contributed by atoms with van der Waals surface area (Å²) in [5, 5.41) is 3.10. The van der Waals surface area contributed by atoms with E-state index in [0.29, 0.717) is 36.1 Å². The lowest BCUT2D eigenvalue weighted by Crippen LogP contribution is -2.36. The fourth-order valence-electron chi connectivity index (χ4n) is 3.25. The van der Waals surface area contributed by atoms with Crippen LogP contribution in [0.5, 0.6) is 0 Å². The smallest absolute Gasteiger partial charge is 0.272 e. The average molecular weight is 362 g/mol. The van der Waals surface area contributed by atoms with Gasteiger partial charge in [0.25, 0.3) is 5.91 Å². The van der Waals surface area contributed by atoms with Crippen LogP contribution in [0.15, 0.2) is 54.6 Å². The minimum absolute atomic E-state index is 0.114. The van der Waals surface area contributed by atoms with E-state index in [9.17, 15) is 9.18 Å². The Hall–Kier alpha value is -3.28. The Morgan fingerprint density at radius 3 is 2.59 bits per heavy atom. The Kier molecular flexibility index (Phi) is 4.54. The van der Waals surface area contributed by atoms with E-state index in [1.165, 1.54) is 23.3 Å². The van der Waals surface area contributed by atoms with Crippen molar-refractivity contribution in [1.82, 2.24) is 14.9 Å². The molecule has 1 N–H and O–H groups in total. The highest BCUT2D eigenvalue weighted by Crippen LogP contribution is 2.21. The van der Waals surface area contributed by atoms with Crippen molar-refractivity contribution in [2.24, 2.45) is 0 Å². The Bertz CT molecular complexity index is 988. The maximum Gasteiger partial charge on any atom is 0.272 e. The van der Waals surface area contributed by atoms with Gasteiger partial charge in [-0.1, -0.05) is 24.3 Å². The number of carbonyl (C=O) groups is 1. The third-order valence-corrected chi connectivity index (χ3v) is 4.59. The number of hydrogen-bond donors (Lipinski definition) is 1. The number of aryl methyl sites for hydroxylation is 1. The molecule has 1 amide bonds. The summed E-state index contributed by atoms with van der Waals surface area (Å²) in [5.74, 6) is 0.593. The molecule has 5 nitrogen and oxygen atoms in total. The van der Waals surface area contributed by atoms with E-state index in [2.05, 4.69) is 27.4 Å². The predicted molar refractivity (Wildman–Crippen MR) is 101 cm³/mol. The maximum absolute atomic E-state index is 13.1. The van der Waals surface area contributed by atoms with Crippen LogP contribution in [0, 0.1) is 12.7 Å². The van der Waals surface area contributed by atoms with Gasteiger partial charge in [-0.2, -0.15) is 0 Å². The molecule has 3 aromatic rings. The molecule has 27 heavy (non-hydrogen) atoms. The summed E-state index contributed by atoms with van der Waals surface area (Å²) in [4.78, 5) is 23.4. The number of rotatable bonds is 3. The molecule has 0 fully saturated rings. The Balaban J connectivity index is 1.56. The number of fused-ring (bicyclic) bond motifs is 1. The van der Waals surface area contributed by atoms with Crippen LogP contribution in [-0.2, 0) is 13.0 Å². The third kappa shape index (κ3) is 3.79. The largest absolute Gasteiger partial charge is 0.340 e. The molecule has 1 aliphatic rings. The van der Waals surface area contributed by atoms with E-state index in [-0.39, 0.29) is 11.7 Å². The third-order valence-electron chi connectivity index (χ3n) is 4.59. The topological polar surface area (TPSA) is 58.1 Å². The molecule has 0 unspecified atom stereocenters. The van der Waals surface area contributed by atoms with Gasteiger partial charge in [0.05, 0.1) is 0 Å². The molecule has 0 saturated heterocycles. The highest BCUT2D eigenvalue weighted by atomic mass is 19.1. The predicted octanol–water partition coefficient (Wildman–Crippen LogP) is 3.87. The number of anilines is 2. The summed E-state index contributed by atoms with van der Waals surface area (Å²) in [6, 6.07) is 15.8. The van der Waals surface area contributed by atoms with Crippen molar-refractivity contribution in [1.29, 1.82) is 0 Å². The van der Waals surface area contributed by atoms with Crippen LogP contribution in [0.4, 0.5) is 15.9 Å². The number of benzene rings is 2. The van der Waals surface area contributed by atoms with Crippen LogP contribution in [0.25, 0.3) is 0 Å². The van der Waals surface area contributed by atoms with E-state index in [1.54, 1.807) is 25.1 Å². The van der Waals surface area contributed by atoms with Crippen molar-refractivity contribution in [2.75, 3.05) is 11.9 Å². The average Bonchev–Trinajstić information content (AvgIpc) is 2.68. The standard InChI is InChI=1S/C21H19FN4O/c1-14-23-19(12-20(24-14)25-18-8-6-17(22)7-9-18)21(27)26-11-10-15-4-2-3-5-16(15)13-26/h2-9,12H,10-11,13H2,1H3,(H,23,24,25). The summed E-state index contributed by atoms with van der Waals surface area (Å²) < 4.78 is 13.1. The molecule has 0 bridgehead atoms. The van der Waals surface area contributed by atoms with Crippen molar-refractivity contribution >= 4 is 17.4 Å². The molecule has 0 atom stereocenters. The maximum atomic E-state index is 13.1. The van der Waals surface area contributed by atoms with Crippen LogP contribution in [-0.4, -0.2) is 27.3 Å². The van der Waals surface area contributed by atoms with Gasteiger partial charge in [-0.05, 0) is 48.7 Å². The zero-order valence-corrected chi connectivity index (χ0v) is 14.9. The van der Waals surface area contributed by atoms with E-state index in [0.717, 1.165) is 6.42 Å². The lowest BCUT2D eigenvalue weighted by Gasteiger charge is -2.28. The second-order valence-corrected chi connectivity index (χ2v) is 6.56. The lowest BCUT2D eigenvalue weighted by atomic mass is 10.00.